The molecule has 49 heavy (non-hydrogen) atoms. The predicted molar refractivity (Wildman–Crippen MR) is 207 cm³/mol. The standard InChI is InChI=1S/C45H35N3Si/c1-45(2)36-19-11-8-16-31(36)34-26-35-32-17-9-12-20-38(32)48(39(35)27-37(34)45)30-24-22-29(23-25-30)44-46-41(28-14-6-5-7-15-28)43-42(47-44)33-18-10-13-21-40(33)49(43,3)4/h5-27H,1-4H3. The van der Waals surface area contributed by atoms with E-state index in [-0.39, 0.29) is 5.41 Å². The van der Waals surface area contributed by atoms with Gasteiger partial charge in [0, 0.05) is 33.0 Å². The Bertz CT molecular complexity index is 2650. The minimum Gasteiger partial charge on any atom is -0.309 e. The number of para-hydroxylation sites is 1. The lowest BCUT2D eigenvalue weighted by molar-refractivity contribution is 0.661. The molecule has 1 aliphatic heterocycles. The van der Waals surface area contributed by atoms with Gasteiger partial charge in [-0.1, -0.05) is 124 Å². The van der Waals surface area contributed by atoms with Gasteiger partial charge in [-0.2, -0.15) is 0 Å². The van der Waals surface area contributed by atoms with Gasteiger partial charge in [-0.15, -0.1) is 0 Å². The van der Waals surface area contributed by atoms with Gasteiger partial charge in [-0.3, -0.25) is 0 Å². The van der Waals surface area contributed by atoms with Gasteiger partial charge in [0.1, 0.15) is 8.07 Å². The highest BCUT2D eigenvalue weighted by Crippen LogP contribution is 2.51. The SMILES string of the molecule is CC1(C)c2ccccc2-c2cc3c4ccccc4n(-c4ccc(-c5nc(-c6ccccc6)c6c(n5)-c5ccccc5[Si]6(C)C)cc4)c3cc21. The lowest BCUT2D eigenvalue weighted by Crippen LogP contribution is -2.50. The highest BCUT2D eigenvalue weighted by Gasteiger charge is 2.42. The Hall–Kier alpha value is -5.58. The molecule has 3 heterocycles. The van der Waals surface area contributed by atoms with E-state index in [2.05, 4.69) is 171 Å². The van der Waals surface area contributed by atoms with Gasteiger partial charge >= 0.3 is 0 Å². The van der Waals surface area contributed by atoms with E-state index in [1.165, 1.54) is 60.0 Å². The third-order valence-electron chi connectivity index (χ3n) is 11.2. The number of hydrogen-bond acceptors (Lipinski definition) is 2. The Morgan fingerprint density at radius 2 is 1.20 bits per heavy atom. The molecule has 1 aliphatic carbocycles. The minimum absolute atomic E-state index is 0.0668. The van der Waals surface area contributed by atoms with Crippen molar-refractivity contribution in [3.8, 4) is 50.7 Å². The number of hydrogen-bond donors (Lipinski definition) is 0. The zero-order valence-corrected chi connectivity index (χ0v) is 29.1. The monoisotopic (exact) mass is 645 g/mol. The summed E-state index contributed by atoms with van der Waals surface area (Å²) in [5, 5.41) is 5.33. The fourth-order valence-electron chi connectivity index (χ4n) is 8.75. The summed E-state index contributed by atoms with van der Waals surface area (Å²) in [7, 11) is -2.00. The van der Waals surface area contributed by atoms with Crippen LogP contribution in [0.5, 0.6) is 0 Å². The Balaban J connectivity index is 1.15. The van der Waals surface area contributed by atoms with Crippen molar-refractivity contribution < 1.29 is 0 Å². The van der Waals surface area contributed by atoms with Crippen LogP contribution in [0.15, 0.2) is 140 Å². The van der Waals surface area contributed by atoms with Crippen LogP contribution in [0.25, 0.3) is 72.5 Å². The molecule has 6 aromatic carbocycles. The topological polar surface area (TPSA) is 30.7 Å². The van der Waals surface area contributed by atoms with Gasteiger partial charge < -0.3 is 4.57 Å². The highest BCUT2D eigenvalue weighted by molar-refractivity contribution is 7.04. The first-order valence-electron chi connectivity index (χ1n) is 17.2. The van der Waals surface area contributed by atoms with E-state index in [0.717, 1.165) is 34.0 Å². The van der Waals surface area contributed by atoms with Gasteiger partial charge in [-0.05, 0) is 80.7 Å². The Morgan fingerprint density at radius 1 is 0.531 bits per heavy atom. The summed E-state index contributed by atoms with van der Waals surface area (Å²) in [4.78, 5) is 10.7. The number of rotatable bonds is 3. The Kier molecular flexibility index (Phi) is 5.79. The summed E-state index contributed by atoms with van der Waals surface area (Å²) in [6.45, 7) is 9.58. The second kappa shape index (κ2) is 9.97. The van der Waals surface area contributed by atoms with Crippen molar-refractivity contribution in [2.75, 3.05) is 0 Å². The first kappa shape index (κ1) is 28.4. The average molecular weight is 646 g/mol. The van der Waals surface area contributed by atoms with Gasteiger partial charge in [0.2, 0.25) is 0 Å². The summed E-state index contributed by atoms with van der Waals surface area (Å²) in [6.07, 6.45) is 0. The third-order valence-corrected chi connectivity index (χ3v) is 14.7. The van der Waals surface area contributed by atoms with Crippen LogP contribution in [0.4, 0.5) is 0 Å². The van der Waals surface area contributed by atoms with E-state index in [1.54, 1.807) is 0 Å². The molecule has 0 bridgehead atoms. The maximum atomic E-state index is 5.35. The molecule has 0 radical (unpaired) electrons. The molecular weight excluding hydrogens is 611 g/mol. The lowest BCUT2D eigenvalue weighted by atomic mass is 9.82. The fourth-order valence-corrected chi connectivity index (χ4v) is 12.0. The van der Waals surface area contributed by atoms with Crippen molar-refractivity contribution in [2.24, 2.45) is 0 Å². The molecule has 2 aromatic heterocycles. The van der Waals surface area contributed by atoms with E-state index >= 15 is 0 Å². The summed E-state index contributed by atoms with van der Waals surface area (Å²) in [5.74, 6) is 0.769. The summed E-state index contributed by atoms with van der Waals surface area (Å²) in [6, 6.07) is 50.9. The van der Waals surface area contributed by atoms with Gasteiger partial charge in [0.25, 0.3) is 0 Å². The van der Waals surface area contributed by atoms with Crippen LogP contribution in [-0.4, -0.2) is 22.6 Å². The molecule has 4 heteroatoms. The molecule has 0 N–H and O–H groups in total. The molecule has 0 spiro atoms. The smallest absolute Gasteiger partial charge is 0.160 e. The number of aromatic nitrogens is 3. The second-order valence-corrected chi connectivity index (χ2v) is 18.9. The molecular formula is C45H35N3Si. The van der Waals surface area contributed by atoms with Crippen molar-refractivity contribution in [2.45, 2.75) is 32.4 Å². The highest BCUT2D eigenvalue weighted by atomic mass is 28.3. The Labute approximate surface area is 287 Å². The summed E-state index contributed by atoms with van der Waals surface area (Å²) in [5.41, 5.74) is 14.6. The van der Waals surface area contributed by atoms with Crippen LogP contribution in [0, 0.1) is 0 Å². The average Bonchev–Trinajstić information content (AvgIpc) is 3.68. The second-order valence-electron chi connectivity index (χ2n) is 14.6. The molecule has 0 saturated carbocycles. The van der Waals surface area contributed by atoms with Crippen LogP contribution in [0.2, 0.25) is 13.1 Å². The lowest BCUT2D eigenvalue weighted by Gasteiger charge is -2.22. The zero-order valence-electron chi connectivity index (χ0n) is 28.1. The van der Waals surface area contributed by atoms with E-state index in [1.807, 2.05) is 0 Å². The molecule has 2 aliphatic rings. The van der Waals surface area contributed by atoms with E-state index < -0.39 is 8.07 Å². The van der Waals surface area contributed by atoms with Crippen molar-refractivity contribution in [3.63, 3.8) is 0 Å². The predicted octanol–water partition coefficient (Wildman–Crippen LogP) is 10.0. The fraction of sp³-hybridized carbons (Fsp3) is 0.111. The van der Waals surface area contributed by atoms with Crippen LogP contribution in [-0.2, 0) is 5.41 Å². The minimum atomic E-state index is -2.00. The quantitative estimate of drug-likeness (QED) is 0.179. The first-order chi connectivity index (χ1) is 23.8. The molecule has 3 nitrogen and oxygen atoms in total. The molecule has 234 valence electrons. The van der Waals surface area contributed by atoms with Crippen molar-refractivity contribution in [1.82, 2.24) is 14.5 Å². The third kappa shape index (κ3) is 3.89. The van der Waals surface area contributed by atoms with Crippen molar-refractivity contribution in [1.29, 1.82) is 0 Å². The van der Waals surface area contributed by atoms with Crippen molar-refractivity contribution >= 4 is 40.3 Å². The van der Waals surface area contributed by atoms with Crippen molar-refractivity contribution in [3.05, 3.63) is 151 Å². The van der Waals surface area contributed by atoms with E-state index in [4.69, 9.17) is 9.97 Å². The van der Waals surface area contributed by atoms with E-state index in [0.29, 0.717) is 0 Å². The largest absolute Gasteiger partial charge is 0.309 e. The van der Waals surface area contributed by atoms with Gasteiger partial charge in [0.15, 0.2) is 5.82 Å². The van der Waals surface area contributed by atoms with Gasteiger partial charge in [0.05, 0.1) is 22.4 Å². The van der Waals surface area contributed by atoms with Gasteiger partial charge in [-0.25, -0.2) is 9.97 Å². The number of benzene rings is 6. The molecule has 0 fully saturated rings. The maximum Gasteiger partial charge on any atom is 0.160 e. The Morgan fingerprint density at radius 3 is 2.02 bits per heavy atom. The molecule has 0 amide bonds. The van der Waals surface area contributed by atoms with Crippen LogP contribution < -0.4 is 10.4 Å². The first-order valence-corrected chi connectivity index (χ1v) is 20.2. The normalized spacial score (nSPS) is 14.9. The number of nitrogens with zero attached hydrogens (tertiary/aromatic N) is 3. The van der Waals surface area contributed by atoms with Crippen LogP contribution in [0.3, 0.4) is 0 Å². The summed E-state index contributed by atoms with van der Waals surface area (Å²) < 4.78 is 2.43. The van der Waals surface area contributed by atoms with E-state index in [9.17, 15) is 0 Å². The molecule has 0 unspecified atom stereocenters. The molecule has 0 atom stereocenters. The number of fused-ring (bicyclic) bond motifs is 9. The molecule has 10 rings (SSSR count). The molecule has 0 saturated heterocycles. The van der Waals surface area contributed by atoms with Crippen LogP contribution >= 0.6 is 0 Å². The zero-order chi connectivity index (χ0) is 33.1. The van der Waals surface area contributed by atoms with Crippen LogP contribution in [0.1, 0.15) is 25.0 Å². The molecule has 8 aromatic rings. The summed E-state index contributed by atoms with van der Waals surface area (Å²) >= 11 is 0. The maximum absolute atomic E-state index is 5.35.